The molecule has 2 atom stereocenters. The Hall–Kier alpha value is -2.37. The fraction of sp³-hybridized carbons (Fsp3) is 0.240. The van der Waals surface area contributed by atoms with Gasteiger partial charge in [-0.25, -0.2) is 0 Å². The molecule has 0 aromatic heterocycles. The van der Waals surface area contributed by atoms with E-state index in [1.54, 1.807) is 0 Å². The van der Waals surface area contributed by atoms with Gasteiger partial charge < -0.3 is 15.7 Å². The van der Waals surface area contributed by atoms with E-state index in [1.165, 1.54) is 0 Å². The molecule has 0 radical (unpaired) electrons. The highest BCUT2D eigenvalue weighted by Crippen LogP contribution is 2.28. The van der Waals surface area contributed by atoms with Crippen molar-refractivity contribution in [1.82, 2.24) is 5.32 Å². The van der Waals surface area contributed by atoms with Gasteiger partial charge in [-0.3, -0.25) is 4.79 Å². The van der Waals surface area contributed by atoms with E-state index in [1.807, 2.05) is 72.8 Å². The third-order valence-electron chi connectivity index (χ3n) is 5.62. The Morgan fingerprint density at radius 2 is 1.58 bits per heavy atom. The number of rotatable bonds is 5. The van der Waals surface area contributed by atoms with Gasteiger partial charge in [-0.15, -0.1) is 12.4 Å². The number of anilines is 1. The van der Waals surface area contributed by atoms with E-state index < -0.39 is 6.10 Å². The van der Waals surface area contributed by atoms with Crippen molar-refractivity contribution in [2.45, 2.75) is 18.9 Å². The van der Waals surface area contributed by atoms with Crippen LogP contribution in [0.4, 0.5) is 5.69 Å². The minimum Gasteiger partial charge on any atom is -0.388 e. The summed E-state index contributed by atoms with van der Waals surface area (Å²) in [5.74, 6) is 0.0702. The molecule has 3 aromatic rings. The van der Waals surface area contributed by atoms with Crippen LogP contribution in [0.15, 0.2) is 72.8 Å². The number of carbonyl (C=O) groups is 1. The number of aliphatic hydroxyl groups is 1. The third kappa shape index (κ3) is 5.86. The molecule has 0 aliphatic carbocycles. The van der Waals surface area contributed by atoms with Gasteiger partial charge in [0.25, 0.3) is 5.91 Å². The number of halogens is 2. The average molecular weight is 457 g/mol. The average Bonchev–Trinajstić information content (AvgIpc) is 2.80. The third-order valence-corrected chi connectivity index (χ3v) is 5.87. The standard InChI is InChI=1S/C25H25ClN2O2.ClH/c26-22-11-7-18(8-12-22)17-3-5-20(6-4-17)25(30)28-23-13-9-19(10-14-23)24(29)21-2-1-15-27-16-21;/h3-14,21,24,27,29H,1-2,15-16H2,(H,28,30);1H. The van der Waals surface area contributed by atoms with Crippen LogP contribution in [0.1, 0.15) is 34.9 Å². The van der Waals surface area contributed by atoms with E-state index in [0.29, 0.717) is 16.3 Å². The van der Waals surface area contributed by atoms with Crippen LogP contribution in [0.3, 0.4) is 0 Å². The lowest BCUT2D eigenvalue weighted by Gasteiger charge is -2.27. The molecule has 1 saturated heterocycles. The van der Waals surface area contributed by atoms with Crippen molar-refractivity contribution >= 4 is 35.6 Å². The van der Waals surface area contributed by atoms with Gasteiger partial charge >= 0.3 is 0 Å². The molecule has 4 rings (SSSR count). The van der Waals surface area contributed by atoms with Crippen molar-refractivity contribution in [1.29, 1.82) is 0 Å². The van der Waals surface area contributed by atoms with Crippen LogP contribution in [-0.2, 0) is 0 Å². The van der Waals surface area contributed by atoms with Gasteiger partial charge in [0.2, 0.25) is 0 Å². The number of carbonyl (C=O) groups excluding carboxylic acids is 1. The lowest BCUT2D eigenvalue weighted by molar-refractivity contribution is 0.0922. The molecular formula is C25H26Cl2N2O2. The Morgan fingerprint density at radius 3 is 2.16 bits per heavy atom. The summed E-state index contributed by atoms with van der Waals surface area (Å²) < 4.78 is 0. The van der Waals surface area contributed by atoms with Crippen LogP contribution in [0.25, 0.3) is 11.1 Å². The number of hydrogen-bond acceptors (Lipinski definition) is 3. The Bertz CT molecular complexity index is 984. The zero-order chi connectivity index (χ0) is 20.9. The Kier molecular flexibility index (Phi) is 8.10. The first-order chi connectivity index (χ1) is 14.6. The molecule has 0 bridgehead atoms. The van der Waals surface area contributed by atoms with Crippen molar-refractivity contribution in [3.8, 4) is 11.1 Å². The zero-order valence-corrected chi connectivity index (χ0v) is 18.6. The number of benzene rings is 3. The predicted octanol–water partition coefficient (Wildman–Crippen LogP) is 5.71. The molecule has 0 spiro atoms. The first-order valence-corrected chi connectivity index (χ1v) is 10.6. The van der Waals surface area contributed by atoms with Crippen molar-refractivity contribution in [2.24, 2.45) is 5.92 Å². The Balaban J connectivity index is 0.00000272. The van der Waals surface area contributed by atoms with E-state index in [2.05, 4.69) is 10.6 Å². The lowest BCUT2D eigenvalue weighted by Crippen LogP contribution is -2.33. The molecule has 0 saturated carbocycles. The molecular weight excluding hydrogens is 431 g/mol. The van der Waals surface area contributed by atoms with Crippen molar-refractivity contribution < 1.29 is 9.90 Å². The first kappa shape index (κ1) is 23.3. The smallest absolute Gasteiger partial charge is 0.255 e. The van der Waals surface area contributed by atoms with Crippen LogP contribution >= 0.6 is 24.0 Å². The summed E-state index contributed by atoms with van der Waals surface area (Å²) in [6.45, 7) is 1.86. The van der Waals surface area contributed by atoms with Crippen molar-refractivity contribution in [2.75, 3.05) is 18.4 Å². The number of nitrogens with one attached hydrogen (secondary N) is 2. The SMILES string of the molecule is Cl.O=C(Nc1ccc(C(O)C2CCCNC2)cc1)c1ccc(-c2ccc(Cl)cc2)cc1. The van der Waals surface area contributed by atoms with E-state index in [4.69, 9.17) is 11.6 Å². The zero-order valence-electron chi connectivity index (χ0n) is 17.1. The summed E-state index contributed by atoms with van der Waals surface area (Å²) in [5.41, 5.74) is 4.26. The first-order valence-electron chi connectivity index (χ1n) is 10.3. The summed E-state index contributed by atoms with van der Waals surface area (Å²) in [4.78, 5) is 12.6. The quantitative estimate of drug-likeness (QED) is 0.460. The van der Waals surface area contributed by atoms with Gasteiger partial charge in [0.15, 0.2) is 0 Å². The van der Waals surface area contributed by atoms with Gasteiger partial charge in [0.1, 0.15) is 0 Å². The highest BCUT2D eigenvalue weighted by atomic mass is 35.5. The van der Waals surface area contributed by atoms with Crippen molar-refractivity contribution in [3.05, 3.63) is 88.9 Å². The second-order valence-electron chi connectivity index (χ2n) is 7.71. The highest BCUT2D eigenvalue weighted by Gasteiger charge is 2.22. The van der Waals surface area contributed by atoms with E-state index in [0.717, 1.165) is 42.6 Å². The molecule has 1 fully saturated rings. The van der Waals surface area contributed by atoms with Gasteiger partial charge in [-0.2, -0.15) is 0 Å². The minimum absolute atomic E-state index is 0. The van der Waals surface area contributed by atoms with Crippen LogP contribution < -0.4 is 10.6 Å². The monoisotopic (exact) mass is 456 g/mol. The molecule has 1 aliphatic rings. The van der Waals surface area contributed by atoms with Crippen LogP contribution in [0, 0.1) is 5.92 Å². The topological polar surface area (TPSA) is 61.4 Å². The maximum atomic E-state index is 12.6. The highest BCUT2D eigenvalue weighted by molar-refractivity contribution is 6.30. The second kappa shape index (κ2) is 10.8. The minimum atomic E-state index is -0.483. The summed E-state index contributed by atoms with van der Waals surface area (Å²) in [7, 11) is 0. The molecule has 3 aromatic carbocycles. The molecule has 6 heteroatoms. The summed E-state index contributed by atoms with van der Waals surface area (Å²) >= 11 is 5.94. The number of aliphatic hydroxyl groups excluding tert-OH is 1. The largest absolute Gasteiger partial charge is 0.388 e. The van der Waals surface area contributed by atoms with E-state index >= 15 is 0 Å². The van der Waals surface area contributed by atoms with E-state index in [9.17, 15) is 9.90 Å². The van der Waals surface area contributed by atoms with E-state index in [-0.39, 0.29) is 24.2 Å². The summed E-state index contributed by atoms with van der Waals surface area (Å²) in [6.07, 6.45) is 1.63. The van der Waals surface area contributed by atoms with Crippen LogP contribution in [-0.4, -0.2) is 24.1 Å². The van der Waals surface area contributed by atoms with Crippen LogP contribution in [0.2, 0.25) is 5.02 Å². The normalized spacial score (nSPS) is 16.8. The summed E-state index contributed by atoms with van der Waals surface area (Å²) in [5, 5.41) is 17.5. The predicted molar refractivity (Wildman–Crippen MR) is 129 cm³/mol. The van der Waals surface area contributed by atoms with Crippen molar-refractivity contribution in [3.63, 3.8) is 0 Å². The van der Waals surface area contributed by atoms with Gasteiger partial charge in [0.05, 0.1) is 6.10 Å². The molecule has 2 unspecified atom stereocenters. The van der Waals surface area contributed by atoms with Crippen LogP contribution in [0.5, 0.6) is 0 Å². The molecule has 1 heterocycles. The number of amides is 1. The number of hydrogen-bond donors (Lipinski definition) is 3. The molecule has 162 valence electrons. The summed E-state index contributed by atoms with van der Waals surface area (Å²) in [6, 6.07) is 22.5. The molecule has 1 amide bonds. The fourth-order valence-electron chi connectivity index (χ4n) is 3.84. The molecule has 1 aliphatic heterocycles. The molecule has 4 nitrogen and oxygen atoms in total. The van der Waals surface area contributed by atoms with Gasteiger partial charge in [0, 0.05) is 28.7 Å². The van der Waals surface area contributed by atoms with Gasteiger partial charge in [-0.1, -0.05) is 48.0 Å². The lowest BCUT2D eigenvalue weighted by atomic mass is 9.89. The molecule has 31 heavy (non-hydrogen) atoms. The maximum absolute atomic E-state index is 12.6. The molecule has 3 N–H and O–H groups in total. The fourth-order valence-corrected chi connectivity index (χ4v) is 3.97. The second-order valence-corrected chi connectivity index (χ2v) is 8.15. The maximum Gasteiger partial charge on any atom is 0.255 e. The number of piperidine rings is 1. The Morgan fingerprint density at radius 1 is 0.968 bits per heavy atom. The van der Waals surface area contributed by atoms with Gasteiger partial charge in [-0.05, 0) is 72.5 Å². The Labute approximate surface area is 194 Å².